The quantitative estimate of drug-likeness (QED) is 0.219. The molecule has 1 amide bonds. The van der Waals surface area contributed by atoms with Crippen molar-refractivity contribution in [2.24, 2.45) is 7.05 Å². The van der Waals surface area contributed by atoms with Gasteiger partial charge in [-0.15, -0.1) is 0 Å². The van der Waals surface area contributed by atoms with Gasteiger partial charge >= 0.3 is 6.18 Å². The Labute approximate surface area is 263 Å². The van der Waals surface area contributed by atoms with Gasteiger partial charge < -0.3 is 20.7 Å². The van der Waals surface area contributed by atoms with Crippen LogP contribution in [0, 0.1) is 6.92 Å². The van der Waals surface area contributed by atoms with Crippen molar-refractivity contribution in [1.82, 2.24) is 29.5 Å². The van der Waals surface area contributed by atoms with Gasteiger partial charge in [-0.25, -0.2) is 4.98 Å². The number of nitrogens with one attached hydrogen (secondary N) is 1. The molecule has 3 aromatic carbocycles. The highest BCUT2D eigenvalue weighted by Crippen LogP contribution is 2.35. The van der Waals surface area contributed by atoms with Crippen LogP contribution in [-0.2, 0) is 19.8 Å². The molecule has 0 radical (unpaired) electrons. The van der Waals surface area contributed by atoms with Crippen LogP contribution >= 0.6 is 0 Å². The average Bonchev–Trinajstić information content (AvgIpc) is 3.40. The summed E-state index contributed by atoms with van der Waals surface area (Å²) in [5, 5.41) is 7.61. The Hall–Kier alpha value is -5.01. The predicted molar refractivity (Wildman–Crippen MR) is 170 cm³/mol. The van der Waals surface area contributed by atoms with Crippen LogP contribution in [0.2, 0.25) is 0 Å². The molecular weight excluding hydrogens is 597 g/mol. The maximum Gasteiger partial charge on any atom is 0.416 e. The van der Waals surface area contributed by atoms with Gasteiger partial charge in [0, 0.05) is 68.5 Å². The van der Waals surface area contributed by atoms with E-state index in [0.717, 1.165) is 19.2 Å². The molecule has 3 heterocycles. The first-order valence-corrected chi connectivity index (χ1v) is 14.7. The minimum atomic E-state index is -4.58. The Balaban J connectivity index is 1.25. The van der Waals surface area contributed by atoms with Gasteiger partial charge in [0.25, 0.3) is 5.91 Å². The number of fused-ring (bicyclic) bond motifs is 1. The van der Waals surface area contributed by atoms with Gasteiger partial charge in [0.15, 0.2) is 11.5 Å². The van der Waals surface area contributed by atoms with E-state index in [-0.39, 0.29) is 29.2 Å². The molecule has 6 rings (SSSR count). The van der Waals surface area contributed by atoms with Crippen molar-refractivity contribution in [2.75, 3.05) is 44.3 Å². The molecule has 0 atom stereocenters. The number of benzene rings is 3. The fourth-order valence-electron chi connectivity index (χ4n) is 5.35. The predicted octanol–water partition coefficient (Wildman–Crippen LogP) is 5.73. The molecule has 0 saturated carbocycles. The number of aryl methyl sites for hydroxylation is 2. The summed E-state index contributed by atoms with van der Waals surface area (Å²) >= 11 is 0. The molecule has 46 heavy (non-hydrogen) atoms. The number of halogens is 3. The Morgan fingerprint density at radius 2 is 1.72 bits per heavy atom. The lowest BCUT2D eigenvalue weighted by molar-refractivity contribution is -0.138. The van der Waals surface area contributed by atoms with E-state index in [1.165, 1.54) is 18.2 Å². The van der Waals surface area contributed by atoms with E-state index in [0.29, 0.717) is 52.5 Å². The van der Waals surface area contributed by atoms with Crippen LogP contribution < -0.4 is 15.8 Å². The van der Waals surface area contributed by atoms with Crippen LogP contribution in [0.1, 0.15) is 27.0 Å². The van der Waals surface area contributed by atoms with Gasteiger partial charge in [-0.05, 0) is 73.6 Å². The lowest BCUT2D eigenvalue weighted by Gasteiger charge is -2.33. The SMILES string of the molecule is Cc1ccc(Oc2nc(-c3ccc(N)cc3)nc3nn(C)cc23)cc1C(=O)Nc1ccc(CN2CCN(C)CC2)c(C(F)(F)F)c1. The minimum absolute atomic E-state index is 0.0474. The van der Waals surface area contributed by atoms with Crippen molar-refractivity contribution < 1.29 is 22.7 Å². The van der Waals surface area contributed by atoms with Crippen LogP contribution in [0.4, 0.5) is 24.5 Å². The number of alkyl halides is 3. The summed E-state index contributed by atoms with van der Waals surface area (Å²) in [6.45, 7) is 4.89. The number of anilines is 2. The van der Waals surface area contributed by atoms with Crippen molar-refractivity contribution in [2.45, 2.75) is 19.6 Å². The highest BCUT2D eigenvalue weighted by Gasteiger charge is 2.34. The van der Waals surface area contributed by atoms with Crippen LogP contribution in [0.3, 0.4) is 0 Å². The molecule has 0 bridgehead atoms. The summed E-state index contributed by atoms with van der Waals surface area (Å²) in [5.41, 5.74) is 7.87. The van der Waals surface area contributed by atoms with Crippen LogP contribution in [0.5, 0.6) is 11.6 Å². The van der Waals surface area contributed by atoms with Crippen molar-refractivity contribution >= 4 is 28.3 Å². The topological polar surface area (TPSA) is 114 Å². The van der Waals surface area contributed by atoms with E-state index in [4.69, 9.17) is 10.5 Å². The van der Waals surface area contributed by atoms with Crippen molar-refractivity contribution in [1.29, 1.82) is 0 Å². The van der Waals surface area contributed by atoms with Gasteiger partial charge in [0.05, 0.1) is 5.56 Å². The summed E-state index contributed by atoms with van der Waals surface area (Å²) in [5.74, 6) is 0.342. The Bertz CT molecular complexity index is 1900. The fraction of sp³-hybridized carbons (Fsp3) is 0.273. The maximum absolute atomic E-state index is 14.1. The zero-order chi connectivity index (χ0) is 32.6. The number of nitrogens with zero attached hydrogens (tertiary/aromatic N) is 6. The molecule has 238 valence electrons. The third-order valence-electron chi connectivity index (χ3n) is 7.96. The largest absolute Gasteiger partial charge is 0.438 e. The lowest BCUT2D eigenvalue weighted by atomic mass is 10.0. The molecule has 0 unspecified atom stereocenters. The molecule has 13 heteroatoms. The van der Waals surface area contributed by atoms with Gasteiger partial charge in [-0.3, -0.25) is 14.4 Å². The Morgan fingerprint density at radius 3 is 2.43 bits per heavy atom. The monoisotopic (exact) mass is 630 g/mol. The molecule has 1 aliphatic rings. The van der Waals surface area contributed by atoms with Gasteiger partial charge in [-0.1, -0.05) is 12.1 Å². The second kappa shape index (κ2) is 12.4. The standard InChI is InChI=1S/C33H33F3N8O2/c1-20-4-11-25(46-32-27-19-43(3)41-30(27)39-29(40-32)21-5-8-23(37)9-6-21)17-26(20)31(45)38-24-10-7-22(28(16-24)33(34,35)36)18-44-14-12-42(2)13-15-44/h4-11,16-17,19H,12-15,18,37H2,1-3H3,(H,38,45). The number of carbonyl (C=O) groups excluding carboxylic acids is 1. The number of hydrogen-bond acceptors (Lipinski definition) is 8. The third kappa shape index (κ3) is 6.80. The molecule has 1 saturated heterocycles. The number of amides is 1. The smallest absolute Gasteiger partial charge is 0.416 e. The van der Waals surface area contributed by atoms with Crippen molar-refractivity contribution in [3.8, 4) is 23.0 Å². The van der Waals surface area contributed by atoms with E-state index < -0.39 is 17.6 Å². The number of nitrogen functional groups attached to an aromatic ring is 1. The first-order valence-electron chi connectivity index (χ1n) is 14.7. The van der Waals surface area contributed by atoms with Crippen LogP contribution in [0.25, 0.3) is 22.4 Å². The summed E-state index contributed by atoms with van der Waals surface area (Å²) in [6, 6.07) is 15.9. The number of rotatable bonds is 7. The highest BCUT2D eigenvalue weighted by molar-refractivity contribution is 6.05. The molecule has 0 aliphatic carbocycles. The fourth-order valence-corrected chi connectivity index (χ4v) is 5.35. The molecular formula is C33H33F3N8O2. The average molecular weight is 631 g/mol. The van der Waals surface area contributed by atoms with E-state index >= 15 is 0 Å². The molecule has 10 nitrogen and oxygen atoms in total. The number of aromatic nitrogens is 4. The van der Waals surface area contributed by atoms with Crippen molar-refractivity contribution in [3.63, 3.8) is 0 Å². The van der Waals surface area contributed by atoms with E-state index in [2.05, 4.69) is 25.3 Å². The van der Waals surface area contributed by atoms with E-state index in [1.807, 2.05) is 11.9 Å². The highest BCUT2D eigenvalue weighted by atomic mass is 19.4. The third-order valence-corrected chi connectivity index (χ3v) is 7.96. The maximum atomic E-state index is 14.1. The summed E-state index contributed by atoms with van der Waals surface area (Å²) in [6.07, 6.45) is -2.85. The van der Waals surface area contributed by atoms with E-state index in [1.54, 1.807) is 61.2 Å². The van der Waals surface area contributed by atoms with E-state index in [9.17, 15) is 18.0 Å². The first kappa shape index (κ1) is 31.0. The molecule has 1 aliphatic heterocycles. The molecule has 3 N–H and O–H groups in total. The molecule has 2 aromatic heterocycles. The van der Waals surface area contributed by atoms with Gasteiger partial charge in [0.2, 0.25) is 5.88 Å². The second-order valence-electron chi connectivity index (χ2n) is 11.5. The Kier molecular flexibility index (Phi) is 8.36. The number of ether oxygens (including phenoxy) is 1. The molecule has 0 spiro atoms. The van der Waals surface area contributed by atoms with Crippen LogP contribution in [0.15, 0.2) is 66.9 Å². The summed E-state index contributed by atoms with van der Waals surface area (Å²) in [4.78, 5) is 26.7. The van der Waals surface area contributed by atoms with Crippen molar-refractivity contribution in [3.05, 3.63) is 89.1 Å². The van der Waals surface area contributed by atoms with Gasteiger partial charge in [-0.2, -0.15) is 23.3 Å². The van der Waals surface area contributed by atoms with Gasteiger partial charge in [0.1, 0.15) is 11.1 Å². The Morgan fingerprint density at radius 1 is 0.978 bits per heavy atom. The molecule has 5 aromatic rings. The van der Waals surface area contributed by atoms with Crippen LogP contribution in [-0.4, -0.2) is 68.7 Å². The normalized spacial score (nSPS) is 14.5. The second-order valence-corrected chi connectivity index (χ2v) is 11.5. The summed E-state index contributed by atoms with van der Waals surface area (Å²) in [7, 11) is 3.75. The minimum Gasteiger partial charge on any atom is -0.438 e. The number of piperazine rings is 1. The zero-order valence-electron chi connectivity index (χ0n) is 25.6. The number of likely N-dealkylation sites (N-methyl/N-ethyl adjacent to an activating group) is 1. The number of carbonyl (C=O) groups is 1. The first-order chi connectivity index (χ1) is 21.9. The number of hydrogen-bond donors (Lipinski definition) is 2. The number of nitrogens with two attached hydrogens (primary N) is 1. The summed E-state index contributed by atoms with van der Waals surface area (Å²) < 4.78 is 50.1. The zero-order valence-corrected chi connectivity index (χ0v) is 25.6. The molecule has 1 fully saturated rings. The lowest BCUT2D eigenvalue weighted by Crippen LogP contribution is -2.44.